The predicted octanol–water partition coefficient (Wildman–Crippen LogP) is 5.21. The summed E-state index contributed by atoms with van der Waals surface area (Å²) in [7, 11) is 3.06. The van der Waals surface area contributed by atoms with Crippen molar-refractivity contribution in [3.8, 4) is 11.1 Å². The van der Waals surface area contributed by atoms with Crippen molar-refractivity contribution < 1.29 is 34.0 Å². The first-order valence-electron chi connectivity index (χ1n) is 7.77. The summed E-state index contributed by atoms with van der Waals surface area (Å²) in [6, 6.07) is 10.9. The van der Waals surface area contributed by atoms with Crippen LogP contribution in [-0.2, 0) is 16.6 Å². The average molecular weight is 451 g/mol. The van der Waals surface area contributed by atoms with Gasteiger partial charge in [0.05, 0.1) is 7.11 Å². The SMILES string of the molecule is COC(=O)c1c2cccc(-c3ccc(Cl)cc3Cl)c2nn1C.O=C(O)C(F)(F)F.[HH]. The van der Waals surface area contributed by atoms with Crippen molar-refractivity contribution in [2.24, 2.45) is 7.05 Å². The molecule has 1 heterocycles. The number of halogens is 5. The van der Waals surface area contributed by atoms with Crippen LogP contribution in [0, 0.1) is 0 Å². The molecule has 1 N–H and O–H groups in total. The van der Waals surface area contributed by atoms with Crippen LogP contribution >= 0.6 is 23.2 Å². The summed E-state index contributed by atoms with van der Waals surface area (Å²) in [6.07, 6.45) is -5.08. The van der Waals surface area contributed by atoms with Gasteiger partial charge in [0.2, 0.25) is 0 Å². The molecule has 3 rings (SSSR count). The molecule has 0 saturated heterocycles. The molecule has 11 heteroatoms. The highest BCUT2D eigenvalue weighted by atomic mass is 35.5. The molecule has 3 aromatic rings. The summed E-state index contributed by atoms with van der Waals surface area (Å²) in [5.41, 5.74) is 2.75. The Bertz CT molecular complexity index is 1090. The van der Waals surface area contributed by atoms with Gasteiger partial charge in [0.25, 0.3) is 0 Å². The number of aliphatic carboxylic acids is 1. The van der Waals surface area contributed by atoms with Gasteiger partial charge in [-0.05, 0) is 12.1 Å². The summed E-state index contributed by atoms with van der Waals surface area (Å²) in [6.45, 7) is 0. The van der Waals surface area contributed by atoms with E-state index >= 15 is 0 Å². The van der Waals surface area contributed by atoms with E-state index in [1.54, 1.807) is 19.2 Å². The fourth-order valence-corrected chi connectivity index (χ4v) is 2.99. The smallest absolute Gasteiger partial charge is 0.475 e. The monoisotopic (exact) mass is 450 g/mol. The van der Waals surface area contributed by atoms with Crippen LogP contribution in [0.3, 0.4) is 0 Å². The first kappa shape index (κ1) is 22.5. The molecule has 1 aromatic heterocycles. The number of esters is 1. The lowest BCUT2D eigenvalue weighted by Gasteiger charge is -2.06. The van der Waals surface area contributed by atoms with Crippen LogP contribution in [-0.4, -0.2) is 40.1 Å². The minimum Gasteiger partial charge on any atom is -0.475 e. The van der Waals surface area contributed by atoms with Gasteiger partial charge in [0.1, 0.15) is 5.52 Å². The van der Waals surface area contributed by atoms with E-state index in [-0.39, 0.29) is 1.43 Å². The highest BCUT2D eigenvalue weighted by molar-refractivity contribution is 6.36. The summed E-state index contributed by atoms with van der Waals surface area (Å²) < 4.78 is 38.1. The van der Waals surface area contributed by atoms with Gasteiger partial charge in [0, 0.05) is 35.0 Å². The van der Waals surface area contributed by atoms with E-state index in [4.69, 9.17) is 37.8 Å². The highest BCUT2D eigenvalue weighted by Gasteiger charge is 2.38. The van der Waals surface area contributed by atoms with Gasteiger partial charge in [-0.15, -0.1) is 0 Å². The van der Waals surface area contributed by atoms with Crippen LogP contribution in [0.1, 0.15) is 11.9 Å². The number of carbonyl (C=O) groups is 2. The zero-order valence-corrected chi connectivity index (χ0v) is 16.4. The lowest BCUT2D eigenvalue weighted by atomic mass is 10.0. The van der Waals surface area contributed by atoms with Gasteiger partial charge in [-0.2, -0.15) is 18.3 Å². The van der Waals surface area contributed by atoms with E-state index in [1.165, 1.54) is 11.8 Å². The third-order valence-electron chi connectivity index (χ3n) is 3.71. The molecule has 0 radical (unpaired) electrons. The largest absolute Gasteiger partial charge is 0.490 e. The molecule has 6 nitrogen and oxygen atoms in total. The third-order valence-corrected chi connectivity index (χ3v) is 4.26. The van der Waals surface area contributed by atoms with E-state index in [2.05, 4.69) is 5.10 Å². The Labute approximate surface area is 173 Å². The number of aromatic nitrogens is 2. The molecular weight excluding hydrogens is 436 g/mol. The fraction of sp³-hybridized carbons (Fsp3) is 0.167. The molecule has 0 aliphatic heterocycles. The van der Waals surface area contributed by atoms with Gasteiger partial charge >= 0.3 is 18.1 Å². The van der Waals surface area contributed by atoms with Crippen molar-refractivity contribution >= 4 is 46.0 Å². The van der Waals surface area contributed by atoms with Crippen molar-refractivity contribution in [1.82, 2.24) is 9.78 Å². The first-order valence-corrected chi connectivity index (χ1v) is 8.52. The maximum Gasteiger partial charge on any atom is 0.490 e. The zero-order valence-electron chi connectivity index (χ0n) is 14.9. The first-order chi connectivity index (χ1) is 13.5. The molecule has 0 atom stereocenters. The Morgan fingerprint density at radius 3 is 2.31 bits per heavy atom. The predicted molar refractivity (Wildman–Crippen MR) is 103 cm³/mol. The van der Waals surface area contributed by atoms with Crippen LogP contribution in [0.5, 0.6) is 0 Å². The molecule has 0 bridgehead atoms. The second-order valence-electron chi connectivity index (χ2n) is 5.59. The summed E-state index contributed by atoms with van der Waals surface area (Å²) in [5.74, 6) is -3.18. The number of benzene rings is 2. The average Bonchev–Trinajstić information content (AvgIpc) is 2.97. The highest BCUT2D eigenvalue weighted by Crippen LogP contribution is 2.35. The van der Waals surface area contributed by atoms with Crippen LogP contribution in [0.2, 0.25) is 10.0 Å². The lowest BCUT2D eigenvalue weighted by Crippen LogP contribution is -2.21. The molecule has 0 unspecified atom stereocenters. The van der Waals surface area contributed by atoms with Gasteiger partial charge < -0.3 is 9.84 Å². The summed E-state index contributed by atoms with van der Waals surface area (Å²) in [5, 5.41) is 13.4. The Morgan fingerprint density at radius 2 is 1.79 bits per heavy atom. The number of carbonyl (C=O) groups excluding carboxylic acids is 1. The normalized spacial score (nSPS) is 11.0. The maximum absolute atomic E-state index is 11.9. The van der Waals surface area contributed by atoms with E-state index in [0.717, 1.165) is 16.5 Å². The Kier molecular flexibility index (Phi) is 6.76. The Balaban J connectivity index is 0.000000489. The van der Waals surface area contributed by atoms with E-state index in [9.17, 15) is 18.0 Å². The molecule has 29 heavy (non-hydrogen) atoms. The molecule has 0 aliphatic rings. The van der Waals surface area contributed by atoms with Gasteiger partial charge in [0.15, 0.2) is 5.69 Å². The number of ether oxygens (including phenoxy) is 1. The van der Waals surface area contributed by atoms with Gasteiger partial charge in [-0.25, -0.2) is 9.59 Å². The minimum absolute atomic E-state index is 0. The second kappa shape index (κ2) is 8.71. The molecule has 156 valence electrons. The zero-order chi connectivity index (χ0) is 21.9. The number of hydrogen-bond donors (Lipinski definition) is 1. The van der Waals surface area contributed by atoms with Crippen LogP contribution < -0.4 is 0 Å². The summed E-state index contributed by atoms with van der Waals surface area (Å²) >= 11 is 12.2. The third kappa shape index (κ3) is 4.99. The number of nitrogens with zero attached hydrogens (tertiary/aromatic N) is 2. The fourth-order valence-electron chi connectivity index (χ4n) is 2.48. The van der Waals surface area contributed by atoms with Crippen molar-refractivity contribution in [2.45, 2.75) is 6.18 Å². The molecule has 0 spiro atoms. The Morgan fingerprint density at radius 1 is 1.17 bits per heavy atom. The van der Waals surface area contributed by atoms with Crippen LogP contribution in [0.4, 0.5) is 13.2 Å². The molecule has 2 aromatic carbocycles. The van der Waals surface area contributed by atoms with Crippen molar-refractivity contribution in [1.29, 1.82) is 0 Å². The lowest BCUT2D eigenvalue weighted by molar-refractivity contribution is -0.192. The van der Waals surface area contributed by atoms with Gasteiger partial charge in [-0.1, -0.05) is 47.5 Å². The second-order valence-corrected chi connectivity index (χ2v) is 6.44. The van der Waals surface area contributed by atoms with Gasteiger partial charge in [-0.3, -0.25) is 4.68 Å². The number of fused-ring (bicyclic) bond motifs is 1. The van der Waals surface area contributed by atoms with Crippen molar-refractivity contribution in [3.63, 3.8) is 0 Å². The minimum atomic E-state index is -5.08. The number of methoxy groups -OCH3 is 1. The molecule has 0 aliphatic carbocycles. The topological polar surface area (TPSA) is 81.4 Å². The molecule has 0 saturated carbocycles. The number of carboxylic acid groups (broad SMARTS) is 1. The molecule has 0 fully saturated rings. The number of hydrogen-bond acceptors (Lipinski definition) is 4. The number of carboxylic acids is 1. The van der Waals surface area contributed by atoms with E-state index < -0.39 is 18.1 Å². The van der Waals surface area contributed by atoms with E-state index in [1.807, 2.05) is 24.3 Å². The standard InChI is InChI=1S/C16H12Cl2N2O2.C2HF3O2.H2/c1-20-15(16(21)22-2)12-5-3-4-11(14(12)19-20)10-7-6-9(17)8-13(10)18;3-2(4,5)1(6)7;/h3-8H,1-2H3;(H,6,7);1H. The number of alkyl halides is 3. The van der Waals surface area contributed by atoms with Crippen LogP contribution in [0.15, 0.2) is 36.4 Å². The molecule has 0 amide bonds. The van der Waals surface area contributed by atoms with E-state index in [0.29, 0.717) is 21.3 Å². The maximum atomic E-state index is 11.9. The molecular formula is C18H15Cl2F3N2O4. The van der Waals surface area contributed by atoms with Crippen molar-refractivity contribution in [2.75, 3.05) is 7.11 Å². The van der Waals surface area contributed by atoms with Crippen LogP contribution in [0.25, 0.3) is 22.0 Å². The Hall–Kier alpha value is -2.78. The number of rotatable bonds is 2. The number of aryl methyl sites for hydroxylation is 1. The van der Waals surface area contributed by atoms with Crippen molar-refractivity contribution in [3.05, 3.63) is 52.1 Å². The summed E-state index contributed by atoms with van der Waals surface area (Å²) in [4.78, 5) is 20.8. The quantitative estimate of drug-likeness (QED) is 0.541.